The van der Waals surface area contributed by atoms with E-state index in [4.69, 9.17) is 27.4 Å². The fraction of sp³-hybridized carbons (Fsp3) is 0.0714. The Morgan fingerprint density at radius 1 is 1.20 bits per heavy atom. The highest BCUT2D eigenvalue weighted by Gasteiger charge is 2.10. The second-order valence-corrected chi connectivity index (χ2v) is 5.29. The highest BCUT2D eigenvalue weighted by atomic mass is 79.9. The summed E-state index contributed by atoms with van der Waals surface area (Å²) in [6.45, 7) is 0. The summed E-state index contributed by atoms with van der Waals surface area (Å²) >= 11 is 8.18. The van der Waals surface area contributed by atoms with E-state index in [1.165, 1.54) is 12.1 Å². The van der Waals surface area contributed by atoms with Gasteiger partial charge in [0.05, 0.1) is 12.7 Å². The Labute approximate surface area is 129 Å². The molecule has 0 amide bonds. The predicted octanol–water partition coefficient (Wildman–Crippen LogP) is 4.02. The molecule has 0 radical (unpaired) electrons. The maximum atomic E-state index is 13.4. The molecular formula is C14H11BrFNO2S. The maximum absolute atomic E-state index is 13.4. The summed E-state index contributed by atoms with van der Waals surface area (Å²) in [5.74, 6) is 0.932. The Kier molecular flexibility index (Phi) is 4.57. The molecule has 2 aromatic carbocycles. The number of hydrogen-bond acceptors (Lipinski definition) is 3. The van der Waals surface area contributed by atoms with E-state index < -0.39 is 5.82 Å². The predicted molar refractivity (Wildman–Crippen MR) is 83.1 cm³/mol. The molecule has 0 spiro atoms. The summed E-state index contributed by atoms with van der Waals surface area (Å²) in [6.07, 6.45) is 0. The molecule has 0 aliphatic rings. The zero-order chi connectivity index (χ0) is 14.7. The van der Waals surface area contributed by atoms with Gasteiger partial charge in [-0.2, -0.15) is 0 Å². The number of nitrogens with two attached hydrogens (primary N) is 1. The van der Waals surface area contributed by atoms with Gasteiger partial charge in [-0.3, -0.25) is 0 Å². The average Bonchev–Trinajstić information content (AvgIpc) is 2.37. The fourth-order valence-electron chi connectivity index (χ4n) is 1.63. The Balaban J connectivity index is 2.42. The van der Waals surface area contributed by atoms with E-state index in [2.05, 4.69) is 15.9 Å². The van der Waals surface area contributed by atoms with Crippen molar-refractivity contribution in [3.63, 3.8) is 0 Å². The van der Waals surface area contributed by atoms with E-state index >= 15 is 0 Å². The van der Waals surface area contributed by atoms with E-state index in [-0.39, 0.29) is 4.99 Å². The Morgan fingerprint density at radius 3 is 2.55 bits per heavy atom. The monoisotopic (exact) mass is 355 g/mol. The van der Waals surface area contributed by atoms with Crippen LogP contribution in [0.2, 0.25) is 0 Å². The van der Waals surface area contributed by atoms with Crippen molar-refractivity contribution >= 4 is 33.1 Å². The molecule has 0 saturated carbocycles. The van der Waals surface area contributed by atoms with Crippen LogP contribution in [-0.4, -0.2) is 12.1 Å². The minimum Gasteiger partial charge on any atom is -0.497 e. The first-order valence-electron chi connectivity index (χ1n) is 5.61. The lowest BCUT2D eigenvalue weighted by Gasteiger charge is -2.12. The minimum atomic E-state index is -0.408. The Hall–Kier alpha value is -1.66. The molecule has 6 heteroatoms. The lowest BCUT2D eigenvalue weighted by atomic mass is 10.2. The van der Waals surface area contributed by atoms with Crippen LogP contribution in [-0.2, 0) is 0 Å². The number of methoxy groups -OCH3 is 1. The molecule has 20 heavy (non-hydrogen) atoms. The van der Waals surface area contributed by atoms with Crippen LogP contribution < -0.4 is 15.2 Å². The van der Waals surface area contributed by atoms with Crippen molar-refractivity contribution in [3.8, 4) is 17.2 Å². The van der Waals surface area contributed by atoms with Gasteiger partial charge in [0.25, 0.3) is 0 Å². The third-order valence-corrected chi connectivity index (χ3v) is 3.20. The summed E-state index contributed by atoms with van der Waals surface area (Å²) in [5, 5.41) is 0. The highest BCUT2D eigenvalue weighted by molar-refractivity contribution is 9.10. The first-order chi connectivity index (χ1) is 9.49. The Bertz CT molecular complexity index is 643. The van der Waals surface area contributed by atoms with Gasteiger partial charge >= 0.3 is 0 Å². The van der Waals surface area contributed by atoms with Gasteiger partial charge in [0, 0.05) is 16.6 Å². The molecule has 3 nitrogen and oxygen atoms in total. The van der Waals surface area contributed by atoms with Crippen LogP contribution in [0.4, 0.5) is 4.39 Å². The number of halogens is 2. The van der Waals surface area contributed by atoms with Crippen molar-refractivity contribution in [2.45, 2.75) is 0 Å². The van der Waals surface area contributed by atoms with Crippen molar-refractivity contribution in [2.24, 2.45) is 5.73 Å². The molecule has 2 aromatic rings. The summed E-state index contributed by atoms with van der Waals surface area (Å²) in [4.78, 5) is 0.193. The number of thiocarbonyl (C=S) groups is 1. The van der Waals surface area contributed by atoms with Crippen molar-refractivity contribution in [3.05, 3.63) is 52.3 Å². The summed E-state index contributed by atoms with van der Waals surface area (Å²) < 4.78 is 24.7. The van der Waals surface area contributed by atoms with Crippen LogP contribution in [0.3, 0.4) is 0 Å². The molecule has 0 fully saturated rings. The van der Waals surface area contributed by atoms with Crippen LogP contribution in [0, 0.1) is 5.82 Å². The fourth-order valence-corrected chi connectivity index (χ4v) is 2.25. The lowest BCUT2D eigenvalue weighted by Crippen LogP contribution is -2.10. The van der Waals surface area contributed by atoms with Crippen LogP contribution >= 0.6 is 28.1 Å². The van der Waals surface area contributed by atoms with Crippen LogP contribution in [0.5, 0.6) is 17.2 Å². The van der Waals surface area contributed by atoms with E-state index in [1.54, 1.807) is 31.4 Å². The van der Waals surface area contributed by atoms with E-state index in [9.17, 15) is 4.39 Å². The largest absolute Gasteiger partial charge is 0.497 e. The molecule has 0 aliphatic heterocycles. The van der Waals surface area contributed by atoms with E-state index in [0.29, 0.717) is 27.3 Å². The smallest absolute Gasteiger partial charge is 0.141 e. The zero-order valence-electron chi connectivity index (χ0n) is 10.5. The molecule has 0 atom stereocenters. The lowest BCUT2D eigenvalue weighted by molar-refractivity contribution is 0.408. The number of rotatable bonds is 4. The van der Waals surface area contributed by atoms with Gasteiger partial charge < -0.3 is 15.2 Å². The SMILES string of the molecule is COc1ccc(C(N)=S)c(Oc2cc(F)cc(Br)c2)c1. The molecule has 0 heterocycles. The quantitative estimate of drug-likeness (QED) is 0.841. The van der Waals surface area contributed by atoms with Gasteiger partial charge in [-0.1, -0.05) is 28.1 Å². The third kappa shape index (κ3) is 3.46. The van der Waals surface area contributed by atoms with Crippen molar-refractivity contribution < 1.29 is 13.9 Å². The topological polar surface area (TPSA) is 44.5 Å². The molecule has 104 valence electrons. The van der Waals surface area contributed by atoms with Crippen LogP contribution in [0.25, 0.3) is 0 Å². The normalized spacial score (nSPS) is 10.2. The van der Waals surface area contributed by atoms with Crippen molar-refractivity contribution in [1.29, 1.82) is 0 Å². The van der Waals surface area contributed by atoms with Gasteiger partial charge in [-0.15, -0.1) is 0 Å². The van der Waals surface area contributed by atoms with Gasteiger partial charge in [-0.25, -0.2) is 4.39 Å². The molecule has 0 aliphatic carbocycles. The molecule has 2 N–H and O–H groups in total. The molecule has 2 rings (SSSR count). The Morgan fingerprint density at radius 2 is 1.95 bits per heavy atom. The molecular weight excluding hydrogens is 345 g/mol. The van der Waals surface area contributed by atoms with Gasteiger partial charge in [0.2, 0.25) is 0 Å². The molecule has 0 saturated heterocycles. The number of hydrogen-bond donors (Lipinski definition) is 1. The second-order valence-electron chi connectivity index (χ2n) is 3.93. The zero-order valence-corrected chi connectivity index (χ0v) is 12.9. The van der Waals surface area contributed by atoms with E-state index in [0.717, 1.165) is 0 Å². The first-order valence-corrected chi connectivity index (χ1v) is 6.81. The summed E-state index contributed by atoms with van der Waals surface area (Å²) in [5.41, 5.74) is 6.20. The van der Waals surface area contributed by atoms with E-state index in [1.807, 2.05) is 0 Å². The highest BCUT2D eigenvalue weighted by Crippen LogP contribution is 2.31. The van der Waals surface area contributed by atoms with Crippen LogP contribution in [0.15, 0.2) is 40.9 Å². The number of ether oxygens (including phenoxy) is 2. The summed E-state index contributed by atoms with van der Waals surface area (Å²) in [7, 11) is 1.54. The van der Waals surface area contributed by atoms with Gasteiger partial charge in [0.1, 0.15) is 28.1 Å². The number of benzene rings is 2. The average molecular weight is 356 g/mol. The van der Waals surface area contributed by atoms with Gasteiger partial charge in [-0.05, 0) is 24.3 Å². The van der Waals surface area contributed by atoms with Gasteiger partial charge in [0.15, 0.2) is 0 Å². The molecule has 0 unspecified atom stereocenters. The third-order valence-electron chi connectivity index (χ3n) is 2.52. The first kappa shape index (κ1) is 14.7. The molecule has 0 bridgehead atoms. The maximum Gasteiger partial charge on any atom is 0.141 e. The molecule has 0 aromatic heterocycles. The van der Waals surface area contributed by atoms with Crippen molar-refractivity contribution in [2.75, 3.05) is 7.11 Å². The van der Waals surface area contributed by atoms with Crippen LogP contribution in [0.1, 0.15) is 5.56 Å². The second kappa shape index (κ2) is 6.19. The van der Waals surface area contributed by atoms with Crippen molar-refractivity contribution in [1.82, 2.24) is 0 Å². The summed E-state index contributed by atoms with van der Waals surface area (Å²) in [6, 6.07) is 9.33. The minimum absolute atomic E-state index is 0.193. The standard InChI is InChI=1S/C14H11BrFNO2S/c1-18-10-2-3-12(14(17)20)13(7-10)19-11-5-8(15)4-9(16)6-11/h2-7H,1H3,(H2,17,20).